The van der Waals surface area contributed by atoms with Crippen LogP contribution in [0.25, 0.3) is 0 Å². The third-order valence-corrected chi connectivity index (χ3v) is 5.27. The summed E-state index contributed by atoms with van der Waals surface area (Å²) in [4.78, 5) is 0. The van der Waals surface area contributed by atoms with Crippen molar-refractivity contribution in [3.63, 3.8) is 0 Å². The summed E-state index contributed by atoms with van der Waals surface area (Å²) in [5.74, 6) is 1.66. The molecule has 0 radical (unpaired) electrons. The third-order valence-electron chi connectivity index (χ3n) is 5.27. The summed E-state index contributed by atoms with van der Waals surface area (Å²) >= 11 is 0. The minimum Gasteiger partial charge on any atom is -0.378 e. The summed E-state index contributed by atoms with van der Waals surface area (Å²) in [6.07, 6.45) is 14.2. The molecular formula is C15H28O. The van der Waals surface area contributed by atoms with Crippen molar-refractivity contribution in [2.45, 2.75) is 76.7 Å². The minimum atomic E-state index is 0.181. The highest BCUT2D eigenvalue weighted by molar-refractivity contribution is 4.92. The van der Waals surface area contributed by atoms with Crippen LogP contribution in [0.1, 0.15) is 71.1 Å². The lowest BCUT2D eigenvalue weighted by molar-refractivity contribution is -0.107. The second kappa shape index (κ2) is 5.53. The van der Waals surface area contributed by atoms with Crippen molar-refractivity contribution < 1.29 is 4.74 Å². The number of hydrogen-bond acceptors (Lipinski definition) is 1. The van der Waals surface area contributed by atoms with Crippen molar-refractivity contribution in [2.24, 2.45) is 11.8 Å². The van der Waals surface area contributed by atoms with E-state index < -0.39 is 0 Å². The van der Waals surface area contributed by atoms with Crippen LogP contribution in [0, 0.1) is 11.8 Å². The highest BCUT2D eigenvalue weighted by Gasteiger charge is 2.41. The summed E-state index contributed by atoms with van der Waals surface area (Å²) < 4.78 is 6.02. The van der Waals surface area contributed by atoms with Gasteiger partial charge in [-0.25, -0.2) is 0 Å². The molecule has 2 rings (SSSR count). The fourth-order valence-electron chi connectivity index (χ4n) is 4.02. The van der Waals surface area contributed by atoms with E-state index in [-0.39, 0.29) is 5.60 Å². The largest absolute Gasteiger partial charge is 0.378 e. The molecule has 0 atom stereocenters. The molecule has 1 heteroatoms. The first-order chi connectivity index (χ1) is 7.77. The lowest BCUT2D eigenvalue weighted by Crippen LogP contribution is -2.45. The van der Waals surface area contributed by atoms with Crippen molar-refractivity contribution in [1.82, 2.24) is 0 Å². The van der Waals surface area contributed by atoms with Gasteiger partial charge in [-0.1, -0.05) is 38.5 Å². The number of rotatable bonds is 3. The second-order valence-electron chi connectivity index (χ2n) is 6.06. The van der Waals surface area contributed by atoms with Crippen molar-refractivity contribution in [3.8, 4) is 0 Å². The normalized spacial score (nSPS) is 25.9. The highest BCUT2D eigenvalue weighted by atomic mass is 16.5. The van der Waals surface area contributed by atoms with E-state index in [2.05, 4.69) is 6.92 Å². The van der Waals surface area contributed by atoms with Crippen molar-refractivity contribution in [1.29, 1.82) is 0 Å². The summed E-state index contributed by atoms with van der Waals surface area (Å²) in [6.45, 7) is 2.40. The Bertz CT molecular complexity index is 181. The monoisotopic (exact) mass is 224 g/mol. The van der Waals surface area contributed by atoms with E-state index in [1.54, 1.807) is 0 Å². The molecule has 0 saturated heterocycles. The molecule has 1 nitrogen and oxygen atoms in total. The lowest BCUT2D eigenvalue weighted by atomic mass is 9.67. The summed E-state index contributed by atoms with van der Waals surface area (Å²) in [5.41, 5.74) is 0.181. The van der Waals surface area contributed by atoms with E-state index in [1.807, 2.05) is 7.11 Å². The molecule has 2 fully saturated rings. The first kappa shape index (κ1) is 12.4. The van der Waals surface area contributed by atoms with E-state index in [9.17, 15) is 0 Å². The molecular weight excluding hydrogens is 196 g/mol. The van der Waals surface area contributed by atoms with Gasteiger partial charge in [-0.2, -0.15) is 0 Å². The topological polar surface area (TPSA) is 9.23 Å². The highest BCUT2D eigenvalue weighted by Crippen LogP contribution is 2.44. The molecule has 0 amide bonds. The fourth-order valence-corrected chi connectivity index (χ4v) is 4.02. The van der Waals surface area contributed by atoms with Crippen molar-refractivity contribution in [3.05, 3.63) is 0 Å². The number of methoxy groups -OCH3 is 1. The summed E-state index contributed by atoms with van der Waals surface area (Å²) in [5, 5.41) is 0. The Morgan fingerprint density at radius 1 is 0.750 bits per heavy atom. The maximum Gasteiger partial charge on any atom is 0.0706 e. The minimum absolute atomic E-state index is 0.181. The number of hydrogen-bond donors (Lipinski definition) is 0. The van der Waals surface area contributed by atoms with Gasteiger partial charge in [0.1, 0.15) is 0 Å². The van der Waals surface area contributed by atoms with Crippen LogP contribution in [0.2, 0.25) is 0 Å². The predicted octanol–water partition coefficient (Wildman–Crippen LogP) is 4.55. The molecule has 0 spiro atoms. The molecule has 0 N–H and O–H groups in total. The molecule has 0 bridgehead atoms. The average Bonchev–Trinajstić information content (AvgIpc) is 2.40. The van der Waals surface area contributed by atoms with Gasteiger partial charge in [-0.15, -0.1) is 0 Å². The SMILES string of the molecule is COC(C)(C1CCCCC1)C1CCCCC1. The van der Waals surface area contributed by atoms with Gasteiger partial charge in [-0.3, -0.25) is 0 Å². The Morgan fingerprint density at radius 3 is 1.44 bits per heavy atom. The second-order valence-corrected chi connectivity index (χ2v) is 6.06. The Morgan fingerprint density at radius 2 is 1.12 bits per heavy atom. The molecule has 0 unspecified atom stereocenters. The van der Waals surface area contributed by atoms with Crippen LogP contribution >= 0.6 is 0 Å². The van der Waals surface area contributed by atoms with E-state index in [0.717, 1.165) is 11.8 Å². The third kappa shape index (κ3) is 2.45. The van der Waals surface area contributed by atoms with E-state index in [1.165, 1.54) is 64.2 Å². The van der Waals surface area contributed by atoms with Crippen LogP contribution in [-0.4, -0.2) is 12.7 Å². The zero-order chi connectivity index (χ0) is 11.4. The zero-order valence-corrected chi connectivity index (χ0v) is 11.1. The fraction of sp³-hybridized carbons (Fsp3) is 1.00. The first-order valence-electron chi connectivity index (χ1n) is 7.32. The van der Waals surface area contributed by atoms with Gasteiger partial charge in [0.2, 0.25) is 0 Å². The molecule has 16 heavy (non-hydrogen) atoms. The van der Waals surface area contributed by atoms with Crippen LogP contribution in [0.3, 0.4) is 0 Å². The Balaban J connectivity index is 2.03. The lowest BCUT2D eigenvalue weighted by Gasteiger charge is -2.46. The zero-order valence-electron chi connectivity index (χ0n) is 11.1. The van der Waals surface area contributed by atoms with E-state index >= 15 is 0 Å². The molecule has 0 aromatic heterocycles. The van der Waals surface area contributed by atoms with Gasteiger partial charge in [-0.05, 0) is 44.4 Å². The molecule has 2 aliphatic carbocycles. The van der Waals surface area contributed by atoms with Gasteiger partial charge in [0.25, 0.3) is 0 Å². The molecule has 2 saturated carbocycles. The average molecular weight is 224 g/mol. The van der Waals surface area contributed by atoms with Gasteiger partial charge >= 0.3 is 0 Å². The Labute approximate surface area is 101 Å². The van der Waals surface area contributed by atoms with Crippen LogP contribution in [0.15, 0.2) is 0 Å². The van der Waals surface area contributed by atoms with E-state index in [0.29, 0.717) is 0 Å². The summed E-state index contributed by atoms with van der Waals surface area (Å²) in [7, 11) is 1.95. The molecule has 0 aliphatic heterocycles. The van der Waals surface area contributed by atoms with Gasteiger partial charge < -0.3 is 4.74 Å². The molecule has 0 aromatic carbocycles. The molecule has 0 heterocycles. The summed E-state index contributed by atoms with van der Waals surface area (Å²) in [6, 6.07) is 0. The van der Waals surface area contributed by atoms with Crippen LogP contribution in [0.4, 0.5) is 0 Å². The first-order valence-corrected chi connectivity index (χ1v) is 7.32. The standard InChI is InChI=1S/C15H28O/c1-15(16-2,13-9-5-3-6-10-13)14-11-7-4-8-12-14/h13-14H,3-12H2,1-2H3. The van der Waals surface area contributed by atoms with Crippen LogP contribution in [-0.2, 0) is 4.74 Å². The van der Waals surface area contributed by atoms with Gasteiger partial charge in [0.15, 0.2) is 0 Å². The van der Waals surface area contributed by atoms with Crippen LogP contribution < -0.4 is 0 Å². The maximum atomic E-state index is 6.02. The number of ether oxygens (including phenoxy) is 1. The predicted molar refractivity (Wildman–Crippen MR) is 68.6 cm³/mol. The van der Waals surface area contributed by atoms with Crippen LogP contribution in [0.5, 0.6) is 0 Å². The van der Waals surface area contributed by atoms with Gasteiger partial charge in [0.05, 0.1) is 5.60 Å². The molecule has 0 aromatic rings. The quantitative estimate of drug-likeness (QED) is 0.683. The molecule has 2 aliphatic rings. The van der Waals surface area contributed by atoms with Crippen molar-refractivity contribution >= 4 is 0 Å². The Hall–Kier alpha value is -0.0400. The maximum absolute atomic E-state index is 6.02. The smallest absolute Gasteiger partial charge is 0.0706 e. The van der Waals surface area contributed by atoms with Gasteiger partial charge in [0, 0.05) is 7.11 Å². The van der Waals surface area contributed by atoms with Crippen molar-refractivity contribution in [2.75, 3.05) is 7.11 Å². The Kier molecular flexibility index (Phi) is 4.29. The van der Waals surface area contributed by atoms with E-state index in [4.69, 9.17) is 4.74 Å². The molecule has 94 valence electrons.